The number of nitrogens with zero attached hydrogens (tertiary/aromatic N) is 3. The molecule has 0 aliphatic heterocycles. The molecule has 0 saturated heterocycles. The zero-order chi connectivity index (χ0) is 16.8. The Hall–Kier alpha value is -2.21. The summed E-state index contributed by atoms with van der Waals surface area (Å²) in [5.41, 5.74) is 4.71. The summed E-state index contributed by atoms with van der Waals surface area (Å²) >= 11 is 0. The Kier molecular flexibility index (Phi) is 3.72. The first-order valence-electron chi connectivity index (χ1n) is 7.26. The summed E-state index contributed by atoms with van der Waals surface area (Å²) < 4.78 is 26.0. The van der Waals surface area contributed by atoms with Gasteiger partial charge in [0.1, 0.15) is 5.52 Å². The van der Waals surface area contributed by atoms with E-state index in [-0.39, 0.29) is 5.16 Å². The summed E-state index contributed by atoms with van der Waals surface area (Å²) in [6.07, 6.45) is 1.84. The number of hydrogen-bond acceptors (Lipinski definition) is 4. The van der Waals surface area contributed by atoms with Gasteiger partial charge in [-0.3, -0.25) is 4.57 Å². The molecule has 0 N–H and O–H groups in total. The van der Waals surface area contributed by atoms with Gasteiger partial charge in [-0.15, -0.1) is 0 Å². The first kappa shape index (κ1) is 15.7. The van der Waals surface area contributed by atoms with E-state index in [1.54, 1.807) is 4.57 Å². The average molecular weight is 328 g/mol. The zero-order valence-electron chi connectivity index (χ0n) is 13.4. The lowest BCUT2D eigenvalue weighted by molar-refractivity contribution is 0.591. The molecular weight excluding hydrogens is 310 g/mol. The van der Waals surface area contributed by atoms with Crippen LogP contribution < -0.4 is 0 Å². The molecule has 0 saturated carbocycles. The molecule has 3 rings (SSSR count). The van der Waals surface area contributed by atoms with Gasteiger partial charge >= 0.3 is 0 Å². The predicted molar refractivity (Wildman–Crippen MR) is 90.5 cm³/mol. The zero-order valence-corrected chi connectivity index (χ0v) is 14.2. The Labute approximate surface area is 135 Å². The van der Waals surface area contributed by atoms with E-state index < -0.39 is 9.84 Å². The molecule has 23 heavy (non-hydrogen) atoms. The lowest BCUT2D eigenvalue weighted by Gasteiger charge is -2.09. The maximum absolute atomic E-state index is 12.2. The highest BCUT2D eigenvalue weighted by molar-refractivity contribution is 7.90. The van der Waals surface area contributed by atoms with Gasteiger partial charge in [-0.1, -0.05) is 12.1 Å². The molecule has 2 heterocycles. The van der Waals surface area contributed by atoms with E-state index in [0.717, 1.165) is 28.8 Å². The van der Waals surface area contributed by atoms with Crippen LogP contribution >= 0.6 is 0 Å². The smallest absolute Gasteiger partial charge is 0.234 e. The molecule has 2 aromatic heterocycles. The second kappa shape index (κ2) is 5.45. The number of benzene rings is 1. The van der Waals surface area contributed by atoms with Crippen molar-refractivity contribution in [3.63, 3.8) is 0 Å². The lowest BCUT2D eigenvalue weighted by atomic mass is 10.1. The molecular formula is C17H18N3O2S. The van der Waals surface area contributed by atoms with Gasteiger partial charge in [-0.05, 0) is 56.5 Å². The highest BCUT2D eigenvalue weighted by Gasteiger charge is 2.22. The summed E-state index contributed by atoms with van der Waals surface area (Å²) in [6.45, 7) is 7.64. The van der Waals surface area contributed by atoms with Crippen LogP contribution in [-0.2, 0) is 16.3 Å². The summed E-state index contributed by atoms with van der Waals surface area (Å²) in [7, 11) is -3.49. The SMILES string of the molecule is [CH2]Cc1ccc(-n2c(S(C)(=O)=O)nc3c(C)cc(C)nc32)cc1. The van der Waals surface area contributed by atoms with Crippen molar-refractivity contribution in [3.05, 3.63) is 54.1 Å². The molecule has 0 aliphatic carbocycles. The van der Waals surface area contributed by atoms with E-state index >= 15 is 0 Å². The van der Waals surface area contributed by atoms with Crippen molar-refractivity contribution in [1.82, 2.24) is 14.5 Å². The van der Waals surface area contributed by atoms with Crippen molar-refractivity contribution >= 4 is 21.0 Å². The van der Waals surface area contributed by atoms with Gasteiger partial charge in [0.15, 0.2) is 5.65 Å². The highest BCUT2D eigenvalue weighted by atomic mass is 32.2. The van der Waals surface area contributed by atoms with E-state index in [1.807, 2.05) is 44.2 Å². The Morgan fingerprint density at radius 2 is 1.78 bits per heavy atom. The molecule has 6 heteroatoms. The molecule has 5 nitrogen and oxygen atoms in total. The van der Waals surface area contributed by atoms with Crippen LogP contribution in [0.1, 0.15) is 16.8 Å². The Morgan fingerprint density at radius 1 is 1.13 bits per heavy atom. The number of imidazole rings is 1. The maximum Gasteiger partial charge on any atom is 0.234 e. The van der Waals surface area contributed by atoms with Crippen LogP contribution in [0.25, 0.3) is 16.9 Å². The quantitative estimate of drug-likeness (QED) is 0.741. The lowest BCUT2D eigenvalue weighted by Crippen LogP contribution is -2.08. The molecule has 1 aromatic carbocycles. The number of sulfone groups is 1. The van der Waals surface area contributed by atoms with E-state index in [2.05, 4.69) is 16.9 Å². The highest BCUT2D eigenvalue weighted by Crippen LogP contribution is 2.26. The molecule has 0 fully saturated rings. The fourth-order valence-corrected chi connectivity index (χ4v) is 3.41. The van der Waals surface area contributed by atoms with E-state index in [4.69, 9.17) is 0 Å². The first-order valence-corrected chi connectivity index (χ1v) is 9.15. The molecule has 119 valence electrons. The standard InChI is InChI=1S/C17H18N3O2S/c1-5-13-6-8-14(9-7-13)20-16-15(11(2)10-12(3)18-16)19-17(20)23(4,21)22/h6-10H,1,5H2,2-4H3. The fourth-order valence-electron chi connectivity index (χ4n) is 2.63. The van der Waals surface area contributed by atoms with Gasteiger partial charge in [0, 0.05) is 17.6 Å². The second-order valence-electron chi connectivity index (χ2n) is 5.67. The van der Waals surface area contributed by atoms with Crippen molar-refractivity contribution in [2.45, 2.75) is 25.4 Å². The van der Waals surface area contributed by atoms with Crippen LogP contribution in [0.2, 0.25) is 0 Å². The predicted octanol–water partition coefficient (Wildman–Crippen LogP) is 2.82. The van der Waals surface area contributed by atoms with Gasteiger partial charge in [0.05, 0.1) is 0 Å². The van der Waals surface area contributed by atoms with Crippen molar-refractivity contribution < 1.29 is 8.42 Å². The normalized spacial score (nSPS) is 12.0. The largest absolute Gasteiger partial charge is 0.267 e. The van der Waals surface area contributed by atoms with Crippen LogP contribution in [0.3, 0.4) is 0 Å². The molecule has 0 aliphatic rings. The summed E-state index contributed by atoms with van der Waals surface area (Å²) in [5.74, 6) is 0. The minimum Gasteiger partial charge on any atom is -0.267 e. The van der Waals surface area contributed by atoms with Crippen molar-refractivity contribution in [3.8, 4) is 5.69 Å². The minimum atomic E-state index is -3.49. The van der Waals surface area contributed by atoms with Crippen LogP contribution in [0.15, 0.2) is 35.5 Å². The number of pyridine rings is 1. The topological polar surface area (TPSA) is 64.8 Å². The van der Waals surface area contributed by atoms with Gasteiger partial charge in [0.2, 0.25) is 15.0 Å². The molecule has 0 amide bonds. The van der Waals surface area contributed by atoms with Gasteiger partial charge in [-0.2, -0.15) is 0 Å². The van der Waals surface area contributed by atoms with E-state index in [0.29, 0.717) is 17.6 Å². The van der Waals surface area contributed by atoms with Gasteiger partial charge in [-0.25, -0.2) is 18.4 Å². The number of aryl methyl sites for hydroxylation is 2. The molecule has 0 unspecified atom stereocenters. The van der Waals surface area contributed by atoms with Crippen LogP contribution in [0.5, 0.6) is 0 Å². The number of hydrogen-bond donors (Lipinski definition) is 0. The number of fused-ring (bicyclic) bond motifs is 1. The first-order chi connectivity index (χ1) is 10.8. The maximum atomic E-state index is 12.2. The van der Waals surface area contributed by atoms with Crippen LogP contribution in [0.4, 0.5) is 0 Å². The molecule has 0 atom stereocenters. The third kappa shape index (κ3) is 2.74. The Bertz CT molecular complexity index is 987. The third-order valence-corrected chi connectivity index (χ3v) is 4.66. The van der Waals surface area contributed by atoms with E-state index in [9.17, 15) is 8.42 Å². The summed E-state index contributed by atoms with van der Waals surface area (Å²) in [6, 6.07) is 9.51. The van der Waals surface area contributed by atoms with Crippen molar-refractivity contribution in [2.24, 2.45) is 0 Å². The van der Waals surface area contributed by atoms with Crippen LogP contribution in [0, 0.1) is 20.8 Å². The minimum absolute atomic E-state index is 0.0103. The van der Waals surface area contributed by atoms with E-state index in [1.165, 1.54) is 0 Å². The number of rotatable bonds is 3. The Balaban J connectivity index is 2.40. The Morgan fingerprint density at radius 3 is 2.35 bits per heavy atom. The molecule has 1 radical (unpaired) electrons. The van der Waals surface area contributed by atoms with Crippen molar-refractivity contribution in [1.29, 1.82) is 0 Å². The monoisotopic (exact) mass is 328 g/mol. The second-order valence-corrected chi connectivity index (χ2v) is 7.58. The molecule has 3 aromatic rings. The molecule has 0 spiro atoms. The summed E-state index contributed by atoms with van der Waals surface area (Å²) in [5, 5.41) is 0.0103. The average Bonchev–Trinajstić information content (AvgIpc) is 2.87. The van der Waals surface area contributed by atoms with Crippen molar-refractivity contribution in [2.75, 3.05) is 6.26 Å². The summed E-state index contributed by atoms with van der Waals surface area (Å²) in [4.78, 5) is 8.86. The van der Waals surface area contributed by atoms with Crippen LogP contribution in [-0.4, -0.2) is 29.2 Å². The fraction of sp³-hybridized carbons (Fsp3) is 0.235. The third-order valence-electron chi connectivity index (χ3n) is 3.72. The van der Waals surface area contributed by atoms with Gasteiger partial charge < -0.3 is 0 Å². The molecule has 0 bridgehead atoms. The van der Waals surface area contributed by atoms with Gasteiger partial charge in [0.25, 0.3) is 0 Å². The number of aromatic nitrogens is 3.